The van der Waals surface area contributed by atoms with Crippen molar-refractivity contribution in [3.63, 3.8) is 0 Å². The van der Waals surface area contributed by atoms with E-state index >= 15 is 0 Å². The van der Waals surface area contributed by atoms with Crippen molar-refractivity contribution in [2.24, 2.45) is 5.92 Å². The normalized spacial score (nSPS) is 16.1. The van der Waals surface area contributed by atoms with E-state index in [1.165, 1.54) is 7.11 Å². The second kappa shape index (κ2) is 5.34. The molecule has 1 N–H and O–H groups in total. The van der Waals surface area contributed by atoms with Crippen LogP contribution >= 0.6 is 0 Å². The molecule has 0 spiro atoms. The van der Waals surface area contributed by atoms with Crippen molar-refractivity contribution in [1.29, 1.82) is 0 Å². The van der Waals surface area contributed by atoms with Gasteiger partial charge in [-0.2, -0.15) is 0 Å². The maximum atomic E-state index is 12.5. The fourth-order valence-electron chi connectivity index (χ4n) is 1.99. The Morgan fingerprint density at radius 1 is 1.55 bits per heavy atom. The first-order chi connectivity index (χ1) is 9.69. The number of nitrogens with zero attached hydrogens (tertiary/aromatic N) is 2. The lowest BCUT2D eigenvalue weighted by atomic mass is 10.3. The van der Waals surface area contributed by atoms with Crippen LogP contribution in [-0.2, 0) is 16.1 Å². The summed E-state index contributed by atoms with van der Waals surface area (Å²) in [4.78, 5) is 15.7. The molecule has 1 aliphatic carbocycles. The first-order valence-electron chi connectivity index (χ1n) is 6.40. The van der Waals surface area contributed by atoms with Crippen LogP contribution in [0.5, 0.6) is 0 Å². The standard InChI is InChI=1S/C13H15N3O3S/c1-19-13(17)15-12-14-10-4-2-3-5-11(10)16(12)20(18)8-9-6-7-9/h2-5,9H,6-8H2,1H3,(H,14,15,17). The quantitative estimate of drug-likeness (QED) is 0.876. The summed E-state index contributed by atoms with van der Waals surface area (Å²) in [6.07, 6.45) is 1.63. The predicted molar refractivity (Wildman–Crippen MR) is 76.9 cm³/mol. The number of fused-ring (bicyclic) bond motifs is 1. The number of benzene rings is 1. The van der Waals surface area contributed by atoms with Gasteiger partial charge in [-0.05, 0) is 25.0 Å². The smallest absolute Gasteiger partial charge is 0.413 e. The van der Waals surface area contributed by atoms with Crippen LogP contribution in [0.2, 0.25) is 0 Å². The monoisotopic (exact) mass is 293 g/mol. The molecule has 7 heteroatoms. The Balaban J connectivity index is 1.99. The minimum absolute atomic E-state index is 0.261. The summed E-state index contributed by atoms with van der Waals surface area (Å²) >= 11 is -1.24. The third kappa shape index (κ3) is 2.59. The SMILES string of the molecule is COC(=O)Nc1nc2ccccc2n1[S+]([O-])CC1CC1. The molecule has 106 valence electrons. The van der Waals surface area contributed by atoms with Crippen LogP contribution in [-0.4, -0.2) is 32.5 Å². The zero-order valence-electron chi connectivity index (χ0n) is 11.0. The van der Waals surface area contributed by atoms with Crippen LogP contribution in [0.4, 0.5) is 10.7 Å². The molecule has 0 radical (unpaired) electrons. The molecule has 1 saturated carbocycles. The molecule has 0 aliphatic heterocycles. The lowest BCUT2D eigenvalue weighted by Gasteiger charge is -2.13. The van der Waals surface area contributed by atoms with Gasteiger partial charge in [0.25, 0.3) is 5.95 Å². The number of aromatic nitrogens is 2. The highest BCUT2D eigenvalue weighted by atomic mass is 32.2. The number of rotatable bonds is 4. The molecule has 0 bridgehead atoms. The van der Waals surface area contributed by atoms with Crippen LogP contribution in [0.1, 0.15) is 12.8 Å². The molecule has 1 unspecified atom stereocenters. The van der Waals surface area contributed by atoms with Gasteiger partial charge >= 0.3 is 6.09 Å². The molecule has 6 nitrogen and oxygen atoms in total. The summed E-state index contributed by atoms with van der Waals surface area (Å²) < 4.78 is 18.7. The van der Waals surface area contributed by atoms with Gasteiger partial charge in [0, 0.05) is 5.92 Å². The van der Waals surface area contributed by atoms with Gasteiger partial charge < -0.3 is 9.29 Å². The Bertz CT molecular complexity index is 639. The van der Waals surface area contributed by atoms with Gasteiger partial charge in [-0.25, -0.2) is 9.78 Å². The molecular weight excluding hydrogens is 278 g/mol. The fraction of sp³-hybridized carbons (Fsp3) is 0.385. The molecule has 1 fully saturated rings. The number of methoxy groups -OCH3 is 1. The summed E-state index contributed by atoms with van der Waals surface area (Å²) in [6.45, 7) is 0. The average Bonchev–Trinajstić information content (AvgIpc) is 3.17. The Hall–Kier alpha value is -1.73. The number of para-hydroxylation sites is 2. The largest absolute Gasteiger partial charge is 0.593 e. The third-order valence-electron chi connectivity index (χ3n) is 3.20. The van der Waals surface area contributed by atoms with Crippen molar-refractivity contribution in [1.82, 2.24) is 8.96 Å². The lowest BCUT2D eigenvalue weighted by Crippen LogP contribution is -2.22. The summed E-state index contributed by atoms with van der Waals surface area (Å²) in [5.74, 6) is 1.37. The van der Waals surface area contributed by atoms with E-state index in [9.17, 15) is 9.35 Å². The number of nitrogens with one attached hydrogen (secondary N) is 1. The summed E-state index contributed by atoms with van der Waals surface area (Å²) in [5, 5.41) is 2.52. The second-order valence-corrected chi connectivity index (χ2v) is 6.11. The lowest BCUT2D eigenvalue weighted by molar-refractivity contribution is 0.186. The Kier molecular flexibility index (Phi) is 3.54. The van der Waals surface area contributed by atoms with Crippen LogP contribution in [0.15, 0.2) is 24.3 Å². The zero-order chi connectivity index (χ0) is 14.1. The van der Waals surface area contributed by atoms with E-state index in [2.05, 4.69) is 15.0 Å². The number of imidazole rings is 1. The molecule has 0 saturated heterocycles. The van der Waals surface area contributed by atoms with E-state index in [1.807, 2.05) is 24.3 Å². The van der Waals surface area contributed by atoms with Gasteiger partial charge in [0.2, 0.25) is 0 Å². The highest BCUT2D eigenvalue weighted by molar-refractivity contribution is 7.90. The number of ether oxygens (including phenoxy) is 1. The van der Waals surface area contributed by atoms with Crippen molar-refractivity contribution >= 4 is 34.4 Å². The minimum atomic E-state index is -1.24. The maximum Gasteiger partial charge on any atom is 0.413 e. The second-order valence-electron chi connectivity index (χ2n) is 4.77. The van der Waals surface area contributed by atoms with Crippen LogP contribution < -0.4 is 5.32 Å². The van der Waals surface area contributed by atoms with E-state index in [-0.39, 0.29) is 5.95 Å². The third-order valence-corrected chi connectivity index (χ3v) is 4.73. The van der Waals surface area contributed by atoms with Gasteiger partial charge in [-0.3, -0.25) is 5.32 Å². The number of carbonyl (C=O) groups excluding carboxylic acids is 1. The van der Waals surface area contributed by atoms with Crippen molar-refractivity contribution in [3.8, 4) is 0 Å². The van der Waals surface area contributed by atoms with Crippen LogP contribution in [0, 0.1) is 5.92 Å². The van der Waals surface area contributed by atoms with Crippen molar-refractivity contribution in [2.45, 2.75) is 12.8 Å². The minimum Gasteiger partial charge on any atom is -0.593 e. The summed E-state index contributed by atoms with van der Waals surface area (Å²) in [7, 11) is 1.28. The van der Waals surface area contributed by atoms with Gasteiger partial charge in [0.15, 0.2) is 0 Å². The van der Waals surface area contributed by atoms with E-state index in [0.717, 1.165) is 18.4 Å². The Labute approximate surface area is 119 Å². The molecular formula is C13H15N3O3S. The number of hydrogen-bond donors (Lipinski definition) is 1. The highest BCUT2D eigenvalue weighted by Gasteiger charge is 2.31. The van der Waals surface area contributed by atoms with Crippen LogP contribution in [0.3, 0.4) is 0 Å². The average molecular weight is 293 g/mol. The number of hydrogen-bond acceptors (Lipinski definition) is 4. The Morgan fingerprint density at radius 2 is 2.30 bits per heavy atom. The first-order valence-corrected chi connectivity index (χ1v) is 7.68. The van der Waals surface area contributed by atoms with Crippen molar-refractivity contribution < 1.29 is 14.1 Å². The number of amides is 1. The van der Waals surface area contributed by atoms with Crippen molar-refractivity contribution in [3.05, 3.63) is 24.3 Å². The molecule has 1 aromatic carbocycles. The molecule has 3 rings (SSSR count). The van der Waals surface area contributed by atoms with E-state index in [1.54, 1.807) is 3.97 Å². The number of anilines is 1. The van der Waals surface area contributed by atoms with Gasteiger partial charge in [0.1, 0.15) is 11.3 Å². The molecule has 1 atom stereocenters. The summed E-state index contributed by atoms with van der Waals surface area (Å²) in [5.41, 5.74) is 1.45. The number of carbonyl (C=O) groups is 1. The fourth-order valence-corrected chi connectivity index (χ4v) is 3.53. The molecule has 1 amide bonds. The molecule has 20 heavy (non-hydrogen) atoms. The van der Waals surface area contributed by atoms with E-state index in [4.69, 9.17) is 0 Å². The van der Waals surface area contributed by atoms with Crippen molar-refractivity contribution in [2.75, 3.05) is 18.2 Å². The topological polar surface area (TPSA) is 79.2 Å². The summed E-state index contributed by atoms with van der Waals surface area (Å²) in [6, 6.07) is 7.38. The highest BCUT2D eigenvalue weighted by Crippen LogP contribution is 2.32. The van der Waals surface area contributed by atoms with E-state index < -0.39 is 17.5 Å². The predicted octanol–water partition coefficient (Wildman–Crippen LogP) is 2.14. The van der Waals surface area contributed by atoms with E-state index in [0.29, 0.717) is 17.2 Å². The molecule has 1 heterocycles. The molecule has 1 aromatic heterocycles. The van der Waals surface area contributed by atoms with Crippen LogP contribution in [0.25, 0.3) is 11.0 Å². The maximum absolute atomic E-state index is 12.5. The Morgan fingerprint density at radius 3 is 3.00 bits per heavy atom. The molecule has 1 aliphatic rings. The zero-order valence-corrected chi connectivity index (χ0v) is 11.9. The first kappa shape index (κ1) is 13.3. The molecule has 2 aromatic rings. The van der Waals surface area contributed by atoms with Gasteiger partial charge in [-0.1, -0.05) is 12.1 Å². The van der Waals surface area contributed by atoms with Gasteiger partial charge in [-0.15, -0.1) is 3.97 Å². The van der Waals surface area contributed by atoms with Gasteiger partial charge in [0.05, 0.1) is 24.0 Å².